The van der Waals surface area contributed by atoms with E-state index in [1.165, 1.54) is 29.0 Å². The predicted molar refractivity (Wildman–Crippen MR) is 141 cm³/mol. The highest BCUT2D eigenvalue weighted by molar-refractivity contribution is 6.04. The van der Waals surface area contributed by atoms with Gasteiger partial charge in [-0.15, -0.1) is 0 Å². The Bertz CT molecular complexity index is 1620. The van der Waals surface area contributed by atoms with Crippen molar-refractivity contribution >= 4 is 17.5 Å². The molecule has 11 heteroatoms. The number of carbonyl (C=O) groups is 2. The Morgan fingerprint density at radius 3 is 2.51 bits per heavy atom. The predicted octanol–water partition coefficient (Wildman–Crippen LogP) is 3.24. The van der Waals surface area contributed by atoms with Gasteiger partial charge in [0, 0.05) is 38.5 Å². The van der Waals surface area contributed by atoms with Crippen molar-refractivity contribution in [3.05, 3.63) is 105 Å². The first-order valence-electron chi connectivity index (χ1n) is 11.9. The maximum atomic E-state index is 13.0. The van der Waals surface area contributed by atoms with Crippen LogP contribution >= 0.6 is 0 Å². The van der Waals surface area contributed by atoms with Gasteiger partial charge in [-0.2, -0.15) is 5.26 Å². The van der Waals surface area contributed by atoms with E-state index in [2.05, 4.69) is 21.5 Å². The SMILES string of the molecule is C[C@@H](c1nc(C(=O)Nc2cnoc2)c(O)c(=O)n1C)[C@@H](c1ccccc1)c1cc(C(=O)N(C)C)ccc1C#N. The summed E-state index contributed by atoms with van der Waals surface area (Å²) in [7, 11) is 4.72. The maximum absolute atomic E-state index is 13.0. The summed E-state index contributed by atoms with van der Waals surface area (Å²) in [4.78, 5) is 44.6. The van der Waals surface area contributed by atoms with Crippen LogP contribution in [0.2, 0.25) is 0 Å². The standard InChI is InChI=1S/C28H26N6O5/c1-16(25-32-23(24(35)28(38)34(25)4)26(36)31-20-14-30-39-15-20)22(17-8-6-5-7-9-17)21-12-18(27(37)33(2)3)10-11-19(21)13-29/h5-12,14-16,22,35H,1-4H3,(H,31,36)/t16-,22+/m1/s1. The van der Waals surface area contributed by atoms with Crippen LogP contribution in [0.5, 0.6) is 5.75 Å². The Morgan fingerprint density at radius 1 is 1.18 bits per heavy atom. The number of hydrogen-bond donors (Lipinski definition) is 2. The van der Waals surface area contributed by atoms with Crippen LogP contribution in [-0.2, 0) is 7.05 Å². The summed E-state index contributed by atoms with van der Waals surface area (Å²) in [5, 5.41) is 26.5. The first kappa shape index (κ1) is 26.8. The Labute approximate surface area is 223 Å². The van der Waals surface area contributed by atoms with Crippen LogP contribution in [0.15, 0.2) is 70.3 Å². The van der Waals surface area contributed by atoms with Gasteiger partial charge in [0.2, 0.25) is 5.75 Å². The monoisotopic (exact) mass is 526 g/mol. The summed E-state index contributed by atoms with van der Waals surface area (Å²) in [5.74, 6) is -2.82. The van der Waals surface area contributed by atoms with Crippen LogP contribution in [0.4, 0.5) is 5.69 Å². The van der Waals surface area contributed by atoms with Crippen LogP contribution in [0.1, 0.15) is 62.1 Å². The fourth-order valence-corrected chi connectivity index (χ4v) is 4.49. The van der Waals surface area contributed by atoms with Crippen LogP contribution in [0, 0.1) is 11.3 Å². The highest BCUT2D eigenvalue weighted by atomic mass is 16.5. The largest absolute Gasteiger partial charge is 0.501 e. The minimum absolute atomic E-state index is 0.190. The third-order valence-corrected chi connectivity index (χ3v) is 6.43. The summed E-state index contributed by atoms with van der Waals surface area (Å²) >= 11 is 0. The fourth-order valence-electron chi connectivity index (χ4n) is 4.49. The lowest BCUT2D eigenvalue weighted by molar-refractivity contribution is 0.0827. The minimum atomic E-state index is -0.825. The highest BCUT2D eigenvalue weighted by Crippen LogP contribution is 2.39. The van der Waals surface area contributed by atoms with Crippen molar-refractivity contribution in [2.75, 3.05) is 19.4 Å². The van der Waals surface area contributed by atoms with Crippen LogP contribution in [-0.4, -0.2) is 50.6 Å². The molecule has 0 unspecified atom stereocenters. The van der Waals surface area contributed by atoms with Gasteiger partial charge in [-0.05, 0) is 29.3 Å². The molecule has 0 aliphatic heterocycles. The zero-order valence-corrected chi connectivity index (χ0v) is 21.7. The summed E-state index contributed by atoms with van der Waals surface area (Å²) in [5.41, 5.74) is 1.04. The summed E-state index contributed by atoms with van der Waals surface area (Å²) in [6, 6.07) is 16.4. The van der Waals surface area contributed by atoms with Crippen molar-refractivity contribution in [2.45, 2.75) is 18.8 Å². The molecule has 4 aromatic rings. The van der Waals surface area contributed by atoms with Gasteiger partial charge in [0.25, 0.3) is 17.4 Å². The van der Waals surface area contributed by atoms with Crippen LogP contribution in [0.25, 0.3) is 0 Å². The van der Waals surface area contributed by atoms with Gasteiger partial charge in [0.15, 0.2) is 5.69 Å². The van der Waals surface area contributed by atoms with Crippen molar-refractivity contribution in [1.82, 2.24) is 19.6 Å². The molecule has 0 fully saturated rings. The second-order valence-electron chi connectivity index (χ2n) is 9.19. The molecule has 0 radical (unpaired) electrons. The first-order valence-corrected chi connectivity index (χ1v) is 11.9. The van der Waals surface area contributed by atoms with Crippen molar-refractivity contribution in [2.24, 2.45) is 7.05 Å². The lowest BCUT2D eigenvalue weighted by Crippen LogP contribution is -2.29. The number of rotatable bonds is 7. The lowest BCUT2D eigenvalue weighted by Gasteiger charge is -2.27. The highest BCUT2D eigenvalue weighted by Gasteiger charge is 2.31. The number of amides is 2. The average molecular weight is 527 g/mol. The molecule has 198 valence electrons. The average Bonchev–Trinajstić information content (AvgIpc) is 3.45. The smallest absolute Gasteiger partial charge is 0.296 e. The van der Waals surface area contributed by atoms with Gasteiger partial charge in [0.05, 0.1) is 17.8 Å². The summed E-state index contributed by atoms with van der Waals surface area (Å²) < 4.78 is 5.89. The van der Waals surface area contributed by atoms with E-state index in [1.807, 2.05) is 30.3 Å². The lowest BCUT2D eigenvalue weighted by atomic mass is 9.78. The van der Waals surface area contributed by atoms with Gasteiger partial charge in [0.1, 0.15) is 17.8 Å². The zero-order valence-electron chi connectivity index (χ0n) is 21.7. The number of anilines is 1. The first-order chi connectivity index (χ1) is 18.6. The molecule has 39 heavy (non-hydrogen) atoms. The van der Waals surface area contributed by atoms with Crippen molar-refractivity contribution in [3.8, 4) is 11.8 Å². The third-order valence-electron chi connectivity index (χ3n) is 6.43. The van der Waals surface area contributed by atoms with Gasteiger partial charge < -0.3 is 19.8 Å². The molecule has 2 amide bonds. The molecule has 0 saturated carbocycles. The van der Waals surface area contributed by atoms with E-state index in [1.54, 1.807) is 39.2 Å². The number of hydrogen-bond acceptors (Lipinski definition) is 8. The van der Waals surface area contributed by atoms with E-state index >= 15 is 0 Å². The molecule has 2 N–H and O–H groups in total. The minimum Gasteiger partial charge on any atom is -0.501 e. The maximum Gasteiger partial charge on any atom is 0.296 e. The van der Waals surface area contributed by atoms with E-state index < -0.39 is 34.7 Å². The number of nitrogens with zero attached hydrogens (tertiary/aromatic N) is 5. The van der Waals surface area contributed by atoms with E-state index in [9.17, 15) is 24.8 Å². The van der Waals surface area contributed by atoms with Crippen molar-refractivity contribution in [3.63, 3.8) is 0 Å². The van der Waals surface area contributed by atoms with Gasteiger partial charge in [-0.25, -0.2) is 4.98 Å². The molecule has 0 aliphatic carbocycles. The van der Waals surface area contributed by atoms with Gasteiger partial charge in [-0.1, -0.05) is 42.4 Å². The quantitative estimate of drug-likeness (QED) is 0.372. The topological polar surface area (TPSA) is 154 Å². The molecular formula is C28H26N6O5. The second kappa shape index (κ2) is 11.0. The van der Waals surface area contributed by atoms with E-state index in [0.717, 1.165) is 5.56 Å². The number of aromatic nitrogens is 3. The number of aromatic hydroxyl groups is 1. The molecule has 2 aromatic heterocycles. The van der Waals surface area contributed by atoms with E-state index in [-0.39, 0.29) is 17.4 Å². The molecule has 2 heterocycles. The number of carbonyl (C=O) groups excluding carboxylic acids is 2. The Balaban J connectivity index is 1.90. The number of nitriles is 1. The van der Waals surface area contributed by atoms with Crippen molar-refractivity contribution < 1.29 is 19.2 Å². The van der Waals surface area contributed by atoms with E-state index in [0.29, 0.717) is 16.7 Å². The Kier molecular flexibility index (Phi) is 7.58. The van der Waals surface area contributed by atoms with Crippen molar-refractivity contribution in [1.29, 1.82) is 5.26 Å². The molecule has 0 bridgehead atoms. The van der Waals surface area contributed by atoms with Crippen LogP contribution in [0.3, 0.4) is 0 Å². The summed E-state index contributed by atoms with van der Waals surface area (Å²) in [6.07, 6.45) is 2.45. The molecule has 2 aromatic carbocycles. The van der Waals surface area contributed by atoms with Crippen LogP contribution < -0.4 is 10.9 Å². The number of benzene rings is 2. The molecule has 4 rings (SSSR count). The van der Waals surface area contributed by atoms with E-state index in [4.69, 9.17) is 4.52 Å². The molecular weight excluding hydrogens is 500 g/mol. The fraction of sp³-hybridized carbons (Fsp3) is 0.214. The molecule has 0 aliphatic rings. The number of nitrogens with one attached hydrogen (secondary N) is 1. The molecule has 2 atom stereocenters. The molecule has 11 nitrogen and oxygen atoms in total. The zero-order chi connectivity index (χ0) is 28.3. The normalized spacial score (nSPS) is 12.3. The molecule has 0 spiro atoms. The van der Waals surface area contributed by atoms with Gasteiger partial charge in [-0.3, -0.25) is 19.0 Å². The second-order valence-corrected chi connectivity index (χ2v) is 9.19. The Morgan fingerprint density at radius 2 is 1.90 bits per heavy atom. The van der Waals surface area contributed by atoms with Gasteiger partial charge >= 0.3 is 0 Å². The summed E-state index contributed by atoms with van der Waals surface area (Å²) in [6.45, 7) is 1.81. The third kappa shape index (κ3) is 5.26. The Hall–Kier alpha value is -5.24. The molecule has 0 saturated heterocycles.